The van der Waals surface area contributed by atoms with E-state index in [2.05, 4.69) is 62.2 Å². The van der Waals surface area contributed by atoms with E-state index in [-0.39, 0.29) is 0 Å². The van der Waals surface area contributed by atoms with Gasteiger partial charge in [0.1, 0.15) is 0 Å². The number of benzene rings is 1. The molecule has 1 nitrogen and oxygen atoms in total. The highest BCUT2D eigenvalue weighted by atomic mass is 19.1. The zero-order chi connectivity index (χ0) is 19.0. The van der Waals surface area contributed by atoms with Crippen LogP contribution in [0.4, 0.5) is 10.1 Å². The van der Waals surface area contributed by atoms with Gasteiger partial charge >= 0.3 is 0 Å². The van der Waals surface area contributed by atoms with Crippen LogP contribution in [0.15, 0.2) is 85.3 Å². The molecule has 132 valence electrons. The largest absolute Gasteiger partial charge is 0.315 e. The van der Waals surface area contributed by atoms with E-state index < -0.39 is 0 Å². The fourth-order valence-electron chi connectivity index (χ4n) is 1.99. The maximum Gasteiger partial charge on any atom is 0.0785 e. The van der Waals surface area contributed by atoms with Gasteiger partial charge in [0.05, 0.1) is 7.18 Å². The lowest BCUT2D eigenvalue weighted by atomic mass is 10.1. The molecule has 0 bridgehead atoms. The van der Waals surface area contributed by atoms with E-state index in [9.17, 15) is 4.39 Å². The van der Waals surface area contributed by atoms with E-state index in [1.165, 1.54) is 5.56 Å². The van der Waals surface area contributed by atoms with Crippen molar-refractivity contribution in [2.24, 2.45) is 0 Å². The molecule has 0 saturated heterocycles. The summed E-state index contributed by atoms with van der Waals surface area (Å²) in [5, 5.41) is 0. The number of aryl methyl sites for hydroxylation is 1. The molecular formula is C22H32FN. The monoisotopic (exact) mass is 329 g/mol. The molecule has 0 heterocycles. The highest BCUT2D eigenvalue weighted by molar-refractivity contribution is 5.61. The van der Waals surface area contributed by atoms with Crippen molar-refractivity contribution in [1.29, 1.82) is 0 Å². The van der Waals surface area contributed by atoms with Crippen molar-refractivity contribution in [1.82, 2.24) is 0 Å². The van der Waals surface area contributed by atoms with Gasteiger partial charge in [0.25, 0.3) is 0 Å². The summed E-state index contributed by atoms with van der Waals surface area (Å²) in [6.45, 7) is 17.9. The third-order valence-corrected chi connectivity index (χ3v) is 2.90. The van der Waals surface area contributed by atoms with Crippen LogP contribution in [0.2, 0.25) is 0 Å². The van der Waals surface area contributed by atoms with E-state index >= 15 is 0 Å². The Labute approximate surface area is 148 Å². The second kappa shape index (κ2) is 15.5. The summed E-state index contributed by atoms with van der Waals surface area (Å²) in [6, 6.07) is 8.42. The third-order valence-electron chi connectivity index (χ3n) is 2.90. The number of halogens is 1. The Morgan fingerprint density at radius 2 is 1.75 bits per heavy atom. The number of anilines is 1. The fourth-order valence-corrected chi connectivity index (χ4v) is 1.99. The normalized spacial score (nSPS) is 11.0. The van der Waals surface area contributed by atoms with Crippen LogP contribution in [0.5, 0.6) is 0 Å². The molecule has 0 spiro atoms. The molecule has 0 fully saturated rings. The predicted molar refractivity (Wildman–Crippen MR) is 109 cm³/mol. The Morgan fingerprint density at radius 1 is 1.12 bits per heavy atom. The number of rotatable bonds is 6. The van der Waals surface area contributed by atoms with Gasteiger partial charge in [-0.15, -0.1) is 0 Å². The first-order chi connectivity index (χ1) is 11.6. The molecule has 0 N–H and O–H groups in total. The average molecular weight is 330 g/mol. The first kappa shape index (κ1) is 23.9. The molecule has 0 aliphatic carbocycles. The summed E-state index contributed by atoms with van der Waals surface area (Å²) < 4.78 is 9.50. The standard InChI is InChI=1S/C19H23N.C2H6.CH3F/c1-6-9-13-17(5)20(18(8-3)11-7-2)19-14-10-12-16(4)15-19;2*1-2/h6-15H,2-3H2,1,4-5H3;1-2H3;1H3/b9-6-,17-13+,18-11+;;. The van der Waals surface area contributed by atoms with Crippen molar-refractivity contribution in [3.05, 3.63) is 90.8 Å². The SMILES string of the molecule is C=C/C=C(\C=C)N(/C(C)=C/C=C\C)c1cccc(C)c1.CC.CF. The lowest BCUT2D eigenvalue weighted by Crippen LogP contribution is -2.19. The lowest BCUT2D eigenvalue weighted by Gasteiger charge is -2.27. The summed E-state index contributed by atoms with van der Waals surface area (Å²) in [4.78, 5) is 2.17. The Hall–Kier alpha value is -2.35. The van der Waals surface area contributed by atoms with Crippen molar-refractivity contribution < 1.29 is 4.39 Å². The van der Waals surface area contributed by atoms with Gasteiger partial charge in [-0.05, 0) is 56.7 Å². The Morgan fingerprint density at radius 3 is 2.21 bits per heavy atom. The van der Waals surface area contributed by atoms with Crippen molar-refractivity contribution in [2.75, 3.05) is 12.1 Å². The van der Waals surface area contributed by atoms with Crippen molar-refractivity contribution in [3.8, 4) is 0 Å². The molecule has 1 aromatic carbocycles. The molecule has 0 unspecified atom stereocenters. The number of alkyl halides is 1. The lowest BCUT2D eigenvalue weighted by molar-refractivity contribution is 0.636. The minimum Gasteiger partial charge on any atom is -0.315 e. The van der Waals surface area contributed by atoms with Crippen molar-refractivity contribution in [2.45, 2.75) is 34.6 Å². The van der Waals surface area contributed by atoms with Gasteiger partial charge in [-0.1, -0.05) is 57.4 Å². The topological polar surface area (TPSA) is 3.24 Å². The molecule has 1 rings (SSSR count). The van der Waals surface area contributed by atoms with Crippen LogP contribution < -0.4 is 4.90 Å². The zero-order valence-electron chi connectivity index (χ0n) is 16.0. The molecule has 0 amide bonds. The molecule has 2 heteroatoms. The first-order valence-electron chi connectivity index (χ1n) is 8.13. The molecule has 24 heavy (non-hydrogen) atoms. The number of hydrogen-bond acceptors (Lipinski definition) is 1. The van der Waals surface area contributed by atoms with Gasteiger partial charge in [0.15, 0.2) is 0 Å². The first-order valence-corrected chi connectivity index (χ1v) is 8.13. The molecule has 0 radical (unpaired) electrons. The van der Waals surface area contributed by atoms with Crippen molar-refractivity contribution >= 4 is 5.69 Å². The van der Waals surface area contributed by atoms with Crippen molar-refractivity contribution in [3.63, 3.8) is 0 Å². The highest BCUT2D eigenvalue weighted by Gasteiger charge is 2.11. The number of nitrogens with zero attached hydrogens (tertiary/aromatic N) is 1. The summed E-state index contributed by atoms with van der Waals surface area (Å²) in [6.07, 6.45) is 11.7. The summed E-state index contributed by atoms with van der Waals surface area (Å²) >= 11 is 0. The van der Waals surface area contributed by atoms with Crippen LogP contribution >= 0.6 is 0 Å². The van der Waals surface area contributed by atoms with Crippen LogP contribution in [0, 0.1) is 6.92 Å². The Bertz CT molecular complexity index is 565. The molecule has 1 aromatic rings. The van der Waals surface area contributed by atoms with Crippen LogP contribution in [-0.4, -0.2) is 7.18 Å². The molecule has 0 aromatic heterocycles. The van der Waals surface area contributed by atoms with E-state index in [0.717, 1.165) is 17.1 Å². The van der Waals surface area contributed by atoms with Crippen LogP contribution in [0.3, 0.4) is 0 Å². The Balaban J connectivity index is 0. The molecule has 0 aliphatic heterocycles. The minimum absolute atomic E-state index is 0.500. The van der Waals surface area contributed by atoms with E-state index in [1.807, 2.05) is 45.1 Å². The number of hydrogen-bond donors (Lipinski definition) is 0. The summed E-state index contributed by atoms with van der Waals surface area (Å²) in [5.41, 5.74) is 4.48. The summed E-state index contributed by atoms with van der Waals surface area (Å²) in [5.74, 6) is 0. The zero-order valence-corrected chi connectivity index (χ0v) is 16.0. The second-order valence-electron chi connectivity index (χ2n) is 4.54. The van der Waals surface area contributed by atoms with Gasteiger partial charge in [-0.2, -0.15) is 0 Å². The van der Waals surface area contributed by atoms with Gasteiger partial charge in [0.2, 0.25) is 0 Å². The van der Waals surface area contributed by atoms with Gasteiger partial charge < -0.3 is 4.90 Å². The maximum atomic E-state index is 9.50. The highest BCUT2D eigenvalue weighted by Crippen LogP contribution is 2.25. The summed E-state index contributed by atoms with van der Waals surface area (Å²) in [7, 11) is 0.500. The smallest absolute Gasteiger partial charge is 0.0785 e. The quantitative estimate of drug-likeness (QED) is 0.501. The maximum absolute atomic E-state index is 9.50. The molecule has 0 aliphatic rings. The average Bonchev–Trinajstić information content (AvgIpc) is 2.63. The molecular weight excluding hydrogens is 297 g/mol. The minimum atomic E-state index is 0.500. The third kappa shape index (κ3) is 8.33. The predicted octanol–water partition coefficient (Wildman–Crippen LogP) is 7.15. The second-order valence-corrected chi connectivity index (χ2v) is 4.54. The van der Waals surface area contributed by atoms with E-state index in [4.69, 9.17) is 0 Å². The van der Waals surface area contributed by atoms with Gasteiger partial charge in [-0.3, -0.25) is 4.39 Å². The molecule has 0 saturated carbocycles. The Kier molecular flexibility index (Phi) is 15.5. The van der Waals surface area contributed by atoms with Gasteiger partial charge in [-0.25, -0.2) is 0 Å². The molecule has 0 atom stereocenters. The van der Waals surface area contributed by atoms with Gasteiger partial charge in [0, 0.05) is 17.1 Å². The number of allylic oxidation sites excluding steroid dienone is 7. The van der Waals surface area contributed by atoms with E-state index in [1.54, 1.807) is 6.08 Å². The van der Waals surface area contributed by atoms with Crippen LogP contribution in [0.1, 0.15) is 33.3 Å². The van der Waals surface area contributed by atoms with E-state index in [0.29, 0.717) is 7.18 Å². The fraction of sp³-hybridized carbons (Fsp3) is 0.273. The van der Waals surface area contributed by atoms with Crippen LogP contribution in [0.25, 0.3) is 0 Å². The van der Waals surface area contributed by atoms with Crippen LogP contribution in [-0.2, 0) is 0 Å².